The van der Waals surface area contributed by atoms with E-state index in [0.29, 0.717) is 0 Å². The summed E-state index contributed by atoms with van der Waals surface area (Å²) in [4.78, 5) is 0. The summed E-state index contributed by atoms with van der Waals surface area (Å²) in [5.41, 5.74) is 6.54. The average molecular weight is 246 g/mol. The molecule has 0 heterocycles. The molecule has 0 aromatic heterocycles. The molecule has 2 nitrogen and oxygen atoms in total. The monoisotopic (exact) mass is 246 g/mol. The molecule has 0 amide bonds. The Morgan fingerprint density at radius 1 is 0.941 bits per heavy atom. The van der Waals surface area contributed by atoms with Crippen molar-refractivity contribution in [2.45, 2.75) is 6.92 Å². The van der Waals surface area contributed by atoms with Gasteiger partial charge >= 0.3 is 7.80 Å². The molecule has 1 atom stereocenters. The Labute approximate surface area is 103 Å². The molecule has 0 fully saturated rings. The smallest absolute Gasteiger partial charge is 0.290 e. The summed E-state index contributed by atoms with van der Waals surface area (Å²) in [7, 11) is -1.35. The first-order valence-electron chi connectivity index (χ1n) is 5.45. The minimum absolute atomic E-state index is 0.235. The standard InChI is InChI=1S/C7H9NOP.C7H8/c8-6-10(9)7-4-2-1-3-5-7;1-7-5-3-2-4-6-7/h1-5H,6,8H2;2-6H,1H3/q+1;. The van der Waals surface area contributed by atoms with E-state index in [1.165, 1.54) is 5.56 Å². The predicted molar refractivity (Wildman–Crippen MR) is 73.9 cm³/mol. The van der Waals surface area contributed by atoms with Gasteiger partial charge in [0.15, 0.2) is 11.6 Å². The zero-order valence-corrected chi connectivity index (χ0v) is 10.8. The number of benzene rings is 2. The number of aryl methyl sites for hydroxylation is 1. The molecule has 2 N–H and O–H groups in total. The van der Waals surface area contributed by atoms with Gasteiger partial charge in [0.2, 0.25) is 0 Å². The first-order chi connectivity index (χ1) is 8.24. The van der Waals surface area contributed by atoms with Crippen LogP contribution in [-0.2, 0) is 4.57 Å². The first kappa shape index (κ1) is 13.6. The maximum absolute atomic E-state index is 11.0. The lowest BCUT2D eigenvalue weighted by Crippen LogP contribution is -2.02. The third kappa shape index (κ3) is 5.39. The quantitative estimate of drug-likeness (QED) is 0.827. The highest BCUT2D eigenvalue weighted by molar-refractivity contribution is 7.53. The van der Waals surface area contributed by atoms with Gasteiger partial charge in [-0.15, -0.1) is 0 Å². The number of hydrogen-bond donors (Lipinski definition) is 1. The van der Waals surface area contributed by atoms with Gasteiger partial charge in [-0.1, -0.05) is 58.7 Å². The zero-order valence-electron chi connectivity index (χ0n) is 9.91. The first-order valence-corrected chi connectivity index (χ1v) is 6.90. The largest absolute Gasteiger partial charge is 0.392 e. The highest BCUT2D eigenvalue weighted by Gasteiger charge is 2.14. The van der Waals surface area contributed by atoms with Gasteiger partial charge in [-0.25, -0.2) is 0 Å². The molecule has 2 rings (SSSR count). The lowest BCUT2D eigenvalue weighted by atomic mass is 10.2. The summed E-state index contributed by atoms with van der Waals surface area (Å²) < 4.78 is 11.0. The van der Waals surface area contributed by atoms with E-state index in [1.54, 1.807) is 0 Å². The molecule has 0 radical (unpaired) electrons. The maximum Gasteiger partial charge on any atom is 0.392 e. The van der Waals surface area contributed by atoms with Crippen LogP contribution in [0.2, 0.25) is 0 Å². The average Bonchev–Trinajstić information content (AvgIpc) is 2.40. The molecule has 88 valence electrons. The molecule has 0 saturated carbocycles. The van der Waals surface area contributed by atoms with Crippen molar-refractivity contribution in [3.8, 4) is 0 Å². The van der Waals surface area contributed by atoms with Crippen LogP contribution < -0.4 is 11.0 Å². The Hall–Kier alpha value is -1.50. The molecular formula is C14H17NOP+. The van der Waals surface area contributed by atoms with Gasteiger partial charge in [-0.3, -0.25) is 5.73 Å². The van der Waals surface area contributed by atoms with Gasteiger partial charge in [0.1, 0.15) is 0 Å². The van der Waals surface area contributed by atoms with Crippen LogP contribution in [0.15, 0.2) is 60.7 Å². The van der Waals surface area contributed by atoms with E-state index in [4.69, 9.17) is 5.73 Å². The fourth-order valence-electron chi connectivity index (χ4n) is 1.23. The molecule has 0 spiro atoms. The minimum Gasteiger partial charge on any atom is -0.290 e. The molecule has 0 aliphatic rings. The highest BCUT2D eigenvalue weighted by Crippen LogP contribution is 2.14. The van der Waals surface area contributed by atoms with E-state index < -0.39 is 7.80 Å². The van der Waals surface area contributed by atoms with E-state index in [1.807, 2.05) is 48.5 Å². The second-order valence-electron chi connectivity index (χ2n) is 3.55. The van der Waals surface area contributed by atoms with E-state index >= 15 is 0 Å². The number of nitrogens with two attached hydrogens (primary N) is 1. The molecule has 0 aliphatic heterocycles. The van der Waals surface area contributed by atoms with E-state index in [0.717, 1.165) is 5.30 Å². The van der Waals surface area contributed by atoms with Crippen LogP contribution in [0.5, 0.6) is 0 Å². The molecule has 17 heavy (non-hydrogen) atoms. The number of rotatable bonds is 2. The summed E-state index contributed by atoms with van der Waals surface area (Å²) in [6.07, 6.45) is 0.235. The van der Waals surface area contributed by atoms with Crippen LogP contribution in [0.1, 0.15) is 5.56 Å². The molecule has 3 heteroatoms. The second-order valence-corrected chi connectivity index (χ2v) is 5.19. The van der Waals surface area contributed by atoms with Crippen molar-refractivity contribution >= 4 is 13.1 Å². The Kier molecular flexibility index (Phi) is 6.16. The minimum atomic E-state index is -1.35. The van der Waals surface area contributed by atoms with Crippen LogP contribution in [0.25, 0.3) is 0 Å². The van der Waals surface area contributed by atoms with Crippen molar-refractivity contribution in [1.29, 1.82) is 0 Å². The molecule has 2 aromatic rings. The van der Waals surface area contributed by atoms with Crippen LogP contribution in [0.4, 0.5) is 0 Å². The normalized spacial score (nSPS) is 10.1. The van der Waals surface area contributed by atoms with Crippen molar-refractivity contribution in [3.05, 3.63) is 66.2 Å². The third-order valence-electron chi connectivity index (χ3n) is 2.15. The fourth-order valence-corrected chi connectivity index (χ4v) is 1.95. The van der Waals surface area contributed by atoms with Gasteiger partial charge in [-0.2, -0.15) is 0 Å². The van der Waals surface area contributed by atoms with Crippen molar-refractivity contribution in [3.63, 3.8) is 0 Å². The topological polar surface area (TPSA) is 43.1 Å². The Bertz CT molecular complexity index is 442. The van der Waals surface area contributed by atoms with Crippen LogP contribution in [-0.4, -0.2) is 6.29 Å². The van der Waals surface area contributed by atoms with Crippen LogP contribution in [0.3, 0.4) is 0 Å². The van der Waals surface area contributed by atoms with E-state index in [9.17, 15) is 4.57 Å². The fraction of sp³-hybridized carbons (Fsp3) is 0.143. The summed E-state index contributed by atoms with van der Waals surface area (Å²) in [6, 6.07) is 19.5. The van der Waals surface area contributed by atoms with Gasteiger partial charge < -0.3 is 0 Å². The molecule has 2 aromatic carbocycles. The lowest BCUT2D eigenvalue weighted by Gasteiger charge is -1.82. The SMILES string of the molecule is Cc1ccccc1.NC[P+](=O)c1ccccc1. The Balaban J connectivity index is 0.000000181. The molecule has 0 saturated heterocycles. The van der Waals surface area contributed by atoms with E-state index in [2.05, 4.69) is 19.1 Å². The van der Waals surface area contributed by atoms with Crippen LogP contribution >= 0.6 is 7.80 Å². The Morgan fingerprint density at radius 2 is 1.41 bits per heavy atom. The van der Waals surface area contributed by atoms with E-state index in [-0.39, 0.29) is 6.29 Å². The third-order valence-corrected chi connectivity index (χ3v) is 3.36. The summed E-state index contributed by atoms with van der Waals surface area (Å²) in [6.45, 7) is 2.08. The van der Waals surface area contributed by atoms with Crippen molar-refractivity contribution in [2.24, 2.45) is 5.73 Å². The zero-order chi connectivity index (χ0) is 12.5. The van der Waals surface area contributed by atoms with Crippen LogP contribution in [0, 0.1) is 6.92 Å². The van der Waals surface area contributed by atoms with Gasteiger partial charge in [0.05, 0.1) is 0 Å². The molecule has 0 bridgehead atoms. The summed E-state index contributed by atoms with van der Waals surface area (Å²) in [5, 5.41) is 0.833. The van der Waals surface area contributed by atoms with Gasteiger partial charge in [0, 0.05) is 0 Å². The lowest BCUT2D eigenvalue weighted by molar-refractivity contribution is 0.593. The highest BCUT2D eigenvalue weighted by atomic mass is 31.1. The van der Waals surface area contributed by atoms with Crippen molar-refractivity contribution in [2.75, 3.05) is 6.29 Å². The molecule has 0 aliphatic carbocycles. The van der Waals surface area contributed by atoms with Gasteiger partial charge in [-0.05, 0) is 19.1 Å². The Morgan fingerprint density at radius 3 is 1.76 bits per heavy atom. The van der Waals surface area contributed by atoms with Gasteiger partial charge in [0.25, 0.3) is 0 Å². The maximum atomic E-state index is 11.0. The summed E-state index contributed by atoms with van der Waals surface area (Å²) in [5.74, 6) is 0. The second kappa shape index (κ2) is 7.72. The van der Waals surface area contributed by atoms with Crippen molar-refractivity contribution in [1.82, 2.24) is 0 Å². The number of hydrogen-bond acceptors (Lipinski definition) is 2. The predicted octanol–water partition coefficient (Wildman–Crippen LogP) is 3.05. The molecule has 1 unspecified atom stereocenters. The van der Waals surface area contributed by atoms with Crippen molar-refractivity contribution < 1.29 is 4.57 Å². The summed E-state index contributed by atoms with van der Waals surface area (Å²) >= 11 is 0. The molecular weight excluding hydrogens is 229 g/mol.